The largest absolute Gasteiger partial charge is 0.361 e. The zero-order valence-corrected chi connectivity index (χ0v) is 15.5. The third-order valence-corrected chi connectivity index (χ3v) is 5.49. The Kier molecular flexibility index (Phi) is 4.29. The van der Waals surface area contributed by atoms with Gasteiger partial charge in [0.25, 0.3) is 5.91 Å². The highest BCUT2D eigenvalue weighted by Gasteiger charge is 2.22. The van der Waals surface area contributed by atoms with Crippen molar-refractivity contribution in [2.45, 2.75) is 6.42 Å². The van der Waals surface area contributed by atoms with Crippen LogP contribution in [0.1, 0.15) is 15.9 Å². The Bertz CT molecular complexity index is 1120. The maximum absolute atomic E-state index is 12.8. The summed E-state index contributed by atoms with van der Waals surface area (Å²) in [6, 6.07) is 13.9. The number of benzene rings is 2. The summed E-state index contributed by atoms with van der Waals surface area (Å²) in [7, 11) is 0. The van der Waals surface area contributed by atoms with Crippen LogP contribution in [-0.2, 0) is 6.42 Å². The molecule has 0 unspecified atom stereocenters. The summed E-state index contributed by atoms with van der Waals surface area (Å²) in [5.41, 5.74) is 4.62. The van der Waals surface area contributed by atoms with Gasteiger partial charge in [-0.3, -0.25) is 9.69 Å². The van der Waals surface area contributed by atoms with E-state index in [-0.39, 0.29) is 5.91 Å². The number of nitrogens with zero attached hydrogens (tertiary/aromatic N) is 4. The molecule has 0 saturated carbocycles. The van der Waals surface area contributed by atoms with E-state index in [0.29, 0.717) is 0 Å². The number of carbonyl (C=O) groups excluding carboxylic acids is 1. The first-order chi connectivity index (χ1) is 13.8. The van der Waals surface area contributed by atoms with Crippen LogP contribution >= 0.6 is 0 Å². The molecule has 4 aromatic rings. The van der Waals surface area contributed by atoms with E-state index in [1.807, 2.05) is 47.5 Å². The van der Waals surface area contributed by atoms with Gasteiger partial charge in [-0.05, 0) is 58.7 Å². The number of amides is 1. The smallest absolute Gasteiger partial charge is 0.253 e. The number of hydrogen-bond acceptors (Lipinski definition) is 5. The summed E-state index contributed by atoms with van der Waals surface area (Å²) in [6.45, 7) is 4.28. The van der Waals surface area contributed by atoms with Gasteiger partial charge in [0.05, 0.1) is 0 Å². The average molecular weight is 375 g/mol. The predicted octanol–water partition coefficient (Wildman–Crippen LogP) is 2.70. The van der Waals surface area contributed by atoms with Crippen molar-refractivity contribution in [2.24, 2.45) is 0 Å². The number of carbonyl (C=O) groups is 1. The highest BCUT2D eigenvalue weighted by Crippen LogP contribution is 2.17. The summed E-state index contributed by atoms with van der Waals surface area (Å²) >= 11 is 0. The van der Waals surface area contributed by atoms with Gasteiger partial charge in [0.2, 0.25) is 0 Å². The first-order valence-corrected chi connectivity index (χ1v) is 9.56. The van der Waals surface area contributed by atoms with Crippen molar-refractivity contribution in [3.8, 4) is 0 Å². The Morgan fingerprint density at radius 2 is 1.86 bits per heavy atom. The third-order valence-electron chi connectivity index (χ3n) is 5.49. The zero-order chi connectivity index (χ0) is 18.9. The maximum Gasteiger partial charge on any atom is 0.253 e. The first kappa shape index (κ1) is 16.9. The lowest BCUT2D eigenvalue weighted by molar-refractivity contribution is 0.0638. The third kappa shape index (κ3) is 3.25. The van der Waals surface area contributed by atoms with Crippen LogP contribution < -0.4 is 0 Å². The minimum atomic E-state index is 0.117. The van der Waals surface area contributed by atoms with Crippen molar-refractivity contribution in [1.29, 1.82) is 0 Å². The Labute approximate surface area is 161 Å². The fourth-order valence-corrected chi connectivity index (χ4v) is 3.81. The standard InChI is InChI=1S/C21H21N5O2/c27-21(17-2-4-18-16(14-17)5-7-22-18)26-11-9-25(10-12-26)8-6-15-1-3-19-20(13-15)24-28-23-19/h1-5,7,13-14,22H,6,8-12H2. The summed E-state index contributed by atoms with van der Waals surface area (Å²) in [5, 5.41) is 8.81. The highest BCUT2D eigenvalue weighted by atomic mass is 16.6. The van der Waals surface area contributed by atoms with Crippen molar-refractivity contribution in [3.63, 3.8) is 0 Å². The molecule has 7 nitrogen and oxygen atoms in total. The highest BCUT2D eigenvalue weighted by molar-refractivity contribution is 5.98. The van der Waals surface area contributed by atoms with Gasteiger partial charge in [-0.2, -0.15) is 0 Å². The van der Waals surface area contributed by atoms with E-state index < -0.39 is 0 Å². The van der Waals surface area contributed by atoms with E-state index in [4.69, 9.17) is 4.63 Å². The Balaban J connectivity index is 1.17. The molecule has 1 fully saturated rings. The van der Waals surface area contributed by atoms with E-state index in [1.165, 1.54) is 5.56 Å². The van der Waals surface area contributed by atoms with Gasteiger partial charge in [-0.15, -0.1) is 0 Å². The molecule has 1 aliphatic rings. The van der Waals surface area contributed by atoms with Gasteiger partial charge in [-0.1, -0.05) is 6.07 Å². The molecule has 1 aliphatic heterocycles. The van der Waals surface area contributed by atoms with Crippen LogP contribution in [0, 0.1) is 0 Å². The number of nitrogens with one attached hydrogen (secondary N) is 1. The van der Waals surface area contributed by atoms with Gasteiger partial charge in [0, 0.05) is 55.4 Å². The fourth-order valence-electron chi connectivity index (χ4n) is 3.81. The molecule has 7 heteroatoms. The first-order valence-electron chi connectivity index (χ1n) is 9.56. The van der Waals surface area contributed by atoms with Crippen LogP contribution in [0.3, 0.4) is 0 Å². The summed E-state index contributed by atoms with van der Waals surface area (Å²) in [5.74, 6) is 0.117. The Morgan fingerprint density at radius 1 is 1.00 bits per heavy atom. The predicted molar refractivity (Wildman–Crippen MR) is 106 cm³/mol. The second-order valence-electron chi connectivity index (χ2n) is 7.25. The topological polar surface area (TPSA) is 78.3 Å². The molecule has 0 bridgehead atoms. The Hall–Kier alpha value is -3.19. The quantitative estimate of drug-likeness (QED) is 0.593. The molecule has 0 spiro atoms. The van der Waals surface area contributed by atoms with Gasteiger partial charge in [0.15, 0.2) is 0 Å². The SMILES string of the molecule is O=C(c1ccc2[nH]ccc2c1)N1CCN(CCc2ccc3nonc3c2)CC1. The molecule has 0 aliphatic carbocycles. The summed E-state index contributed by atoms with van der Waals surface area (Å²) < 4.78 is 4.75. The second kappa shape index (κ2) is 7.09. The van der Waals surface area contributed by atoms with E-state index in [9.17, 15) is 4.79 Å². The van der Waals surface area contributed by atoms with Crippen LogP contribution in [-0.4, -0.2) is 63.7 Å². The normalized spacial score (nSPS) is 15.5. The van der Waals surface area contributed by atoms with Crippen LogP contribution in [0.4, 0.5) is 0 Å². The molecule has 28 heavy (non-hydrogen) atoms. The van der Waals surface area contributed by atoms with Crippen molar-refractivity contribution in [3.05, 3.63) is 59.8 Å². The number of aromatic amines is 1. The number of piperazine rings is 1. The maximum atomic E-state index is 12.8. The lowest BCUT2D eigenvalue weighted by atomic mass is 10.1. The fraction of sp³-hybridized carbons (Fsp3) is 0.286. The van der Waals surface area contributed by atoms with Gasteiger partial charge in [0.1, 0.15) is 11.0 Å². The molecule has 5 rings (SSSR count). The van der Waals surface area contributed by atoms with Crippen molar-refractivity contribution in [1.82, 2.24) is 25.1 Å². The Morgan fingerprint density at radius 3 is 2.75 bits per heavy atom. The number of fused-ring (bicyclic) bond motifs is 2. The van der Waals surface area contributed by atoms with Crippen LogP contribution in [0.5, 0.6) is 0 Å². The molecular weight excluding hydrogens is 354 g/mol. The molecule has 0 radical (unpaired) electrons. The van der Waals surface area contributed by atoms with Crippen LogP contribution in [0.25, 0.3) is 21.9 Å². The van der Waals surface area contributed by atoms with Crippen molar-refractivity contribution >= 4 is 27.8 Å². The van der Waals surface area contributed by atoms with E-state index in [1.54, 1.807) is 0 Å². The van der Waals surface area contributed by atoms with Crippen molar-refractivity contribution in [2.75, 3.05) is 32.7 Å². The van der Waals surface area contributed by atoms with E-state index in [0.717, 1.165) is 66.6 Å². The monoisotopic (exact) mass is 375 g/mol. The zero-order valence-electron chi connectivity index (χ0n) is 15.5. The minimum Gasteiger partial charge on any atom is -0.361 e. The lowest BCUT2D eigenvalue weighted by Crippen LogP contribution is -2.49. The summed E-state index contributed by atoms with van der Waals surface area (Å²) in [6.07, 6.45) is 2.84. The summed E-state index contributed by atoms with van der Waals surface area (Å²) in [4.78, 5) is 20.4. The van der Waals surface area contributed by atoms with Crippen LogP contribution in [0.2, 0.25) is 0 Å². The molecule has 2 aromatic carbocycles. The lowest BCUT2D eigenvalue weighted by Gasteiger charge is -2.34. The molecule has 1 N–H and O–H groups in total. The van der Waals surface area contributed by atoms with Gasteiger partial charge in [-0.25, -0.2) is 4.63 Å². The van der Waals surface area contributed by atoms with Crippen LogP contribution in [0.15, 0.2) is 53.3 Å². The van der Waals surface area contributed by atoms with Crippen molar-refractivity contribution < 1.29 is 9.42 Å². The molecule has 0 atom stereocenters. The number of H-pyrrole nitrogens is 1. The van der Waals surface area contributed by atoms with E-state index in [2.05, 4.69) is 26.3 Å². The molecule has 2 aromatic heterocycles. The van der Waals surface area contributed by atoms with Gasteiger partial charge < -0.3 is 9.88 Å². The van der Waals surface area contributed by atoms with E-state index >= 15 is 0 Å². The number of rotatable bonds is 4. The average Bonchev–Trinajstić information content (AvgIpc) is 3.40. The minimum absolute atomic E-state index is 0.117. The molecule has 1 amide bonds. The second-order valence-corrected chi connectivity index (χ2v) is 7.25. The molecule has 142 valence electrons. The number of hydrogen-bond donors (Lipinski definition) is 1. The van der Waals surface area contributed by atoms with Gasteiger partial charge >= 0.3 is 0 Å². The molecule has 3 heterocycles. The molecular formula is C21H21N5O2. The number of aromatic nitrogens is 3. The molecule has 1 saturated heterocycles.